The molecule has 61 heavy (non-hydrogen) atoms. The molecule has 6 unspecified atom stereocenters. The van der Waals surface area contributed by atoms with Gasteiger partial charge in [-0.1, -0.05) is 219 Å². The van der Waals surface area contributed by atoms with Crippen LogP contribution in [0.4, 0.5) is 0 Å². The van der Waals surface area contributed by atoms with Crippen LogP contribution in [0.25, 0.3) is 0 Å². The largest absolute Gasteiger partial charge is 0.472 e. The number of aliphatic hydroxyl groups excluding tert-OH is 5. The number of esters is 1. The van der Waals surface area contributed by atoms with Crippen molar-refractivity contribution in [1.82, 2.24) is 0 Å². The monoisotopic (exact) mass is 895 g/mol. The second-order valence-corrected chi connectivity index (χ2v) is 19.4. The van der Waals surface area contributed by atoms with Crippen LogP contribution >= 0.6 is 7.82 Å². The Kier molecular flexibility index (Phi) is 38.0. The summed E-state index contributed by atoms with van der Waals surface area (Å²) in [7, 11) is -5.01. The highest BCUT2D eigenvalue weighted by Crippen LogP contribution is 2.47. The Bertz CT molecular complexity index is 1020. The third-order valence-corrected chi connectivity index (χ3v) is 13.2. The molecule has 364 valence electrons. The zero-order valence-corrected chi connectivity index (χ0v) is 39.9. The molecule has 0 amide bonds. The smallest absolute Gasteiger partial charge is 0.457 e. The number of phosphoric ester groups is 1. The average molecular weight is 895 g/mol. The summed E-state index contributed by atoms with van der Waals surface area (Å²) in [5.41, 5.74) is 0. The lowest BCUT2D eigenvalue weighted by molar-refractivity contribution is -0.220. The standard InChI is InChI=1S/C48H95O12P/c1-3-5-7-9-11-13-15-17-19-21-22-23-25-27-29-31-33-35-37-42(49)59-41(40-58-61(55,56)60-48-46(53)44(51)43(50)45(52)47(48)54)39-57-38-36-34-32-30-28-26-24-20-18-16-14-12-10-8-6-4-2/h41,43-48,50-54H,3-40H2,1-2H3,(H,55,56)/t41-,43?,44-,45?,46?,47?,48?/m1/s1. The summed E-state index contributed by atoms with van der Waals surface area (Å²) in [6, 6.07) is 0. The topological polar surface area (TPSA) is 192 Å². The Balaban J connectivity index is 2.33. The third kappa shape index (κ3) is 31.8. The number of rotatable bonds is 44. The van der Waals surface area contributed by atoms with Gasteiger partial charge in [-0.25, -0.2) is 4.57 Å². The van der Waals surface area contributed by atoms with Gasteiger partial charge in [-0.2, -0.15) is 0 Å². The highest BCUT2D eigenvalue weighted by molar-refractivity contribution is 7.47. The molecule has 0 radical (unpaired) electrons. The van der Waals surface area contributed by atoms with E-state index in [1.54, 1.807) is 0 Å². The van der Waals surface area contributed by atoms with Crippen molar-refractivity contribution in [3.05, 3.63) is 0 Å². The summed E-state index contributed by atoms with van der Waals surface area (Å²) < 4.78 is 34.3. The summed E-state index contributed by atoms with van der Waals surface area (Å²) in [6.45, 7) is 4.31. The fraction of sp³-hybridized carbons (Fsp3) is 0.979. The van der Waals surface area contributed by atoms with Crippen molar-refractivity contribution in [3.8, 4) is 0 Å². The van der Waals surface area contributed by atoms with E-state index in [-0.39, 0.29) is 13.0 Å². The molecule has 0 aliphatic heterocycles. The van der Waals surface area contributed by atoms with Gasteiger partial charge >= 0.3 is 13.8 Å². The van der Waals surface area contributed by atoms with Crippen LogP contribution in [-0.2, 0) is 27.9 Å². The van der Waals surface area contributed by atoms with Gasteiger partial charge in [0.2, 0.25) is 0 Å². The maximum Gasteiger partial charge on any atom is 0.472 e. The van der Waals surface area contributed by atoms with Crippen molar-refractivity contribution in [2.24, 2.45) is 0 Å². The summed E-state index contributed by atoms with van der Waals surface area (Å²) >= 11 is 0. The maximum absolute atomic E-state index is 12.8. The fourth-order valence-electron chi connectivity index (χ4n) is 8.18. The van der Waals surface area contributed by atoms with Gasteiger partial charge in [0, 0.05) is 13.0 Å². The number of unbranched alkanes of at least 4 members (excludes halogenated alkanes) is 32. The zero-order chi connectivity index (χ0) is 44.8. The molecular formula is C48H95O12P. The van der Waals surface area contributed by atoms with Gasteiger partial charge in [0.05, 0.1) is 13.2 Å². The van der Waals surface area contributed by atoms with Crippen LogP contribution in [0.15, 0.2) is 0 Å². The Hall–Kier alpha value is -0.660. The van der Waals surface area contributed by atoms with E-state index in [1.807, 2.05) is 0 Å². The van der Waals surface area contributed by atoms with Crippen molar-refractivity contribution >= 4 is 13.8 Å². The van der Waals surface area contributed by atoms with Crippen LogP contribution in [0, 0.1) is 0 Å². The molecule has 0 bridgehead atoms. The number of hydrogen-bond donors (Lipinski definition) is 6. The Morgan fingerprint density at radius 1 is 0.459 bits per heavy atom. The Morgan fingerprint density at radius 3 is 1.13 bits per heavy atom. The second-order valence-electron chi connectivity index (χ2n) is 18.0. The molecule has 1 rings (SSSR count). The van der Waals surface area contributed by atoms with Crippen molar-refractivity contribution in [3.63, 3.8) is 0 Å². The molecule has 1 fully saturated rings. The van der Waals surface area contributed by atoms with Gasteiger partial charge in [-0.15, -0.1) is 0 Å². The van der Waals surface area contributed by atoms with Crippen LogP contribution < -0.4 is 0 Å². The Labute approximate surface area is 372 Å². The molecule has 12 nitrogen and oxygen atoms in total. The lowest BCUT2D eigenvalue weighted by Crippen LogP contribution is -2.64. The van der Waals surface area contributed by atoms with Crippen LogP contribution in [-0.4, -0.2) is 98.9 Å². The molecule has 0 spiro atoms. The van der Waals surface area contributed by atoms with Gasteiger partial charge in [0.25, 0.3) is 0 Å². The first kappa shape index (κ1) is 58.4. The minimum Gasteiger partial charge on any atom is -0.457 e. The number of phosphoric acid groups is 1. The van der Waals surface area contributed by atoms with Crippen molar-refractivity contribution < 1.29 is 58.3 Å². The minimum atomic E-state index is -5.01. The molecule has 1 saturated carbocycles. The van der Waals surface area contributed by atoms with Gasteiger partial charge in [0.15, 0.2) is 0 Å². The van der Waals surface area contributed by atoms with Crippen molar-refractivity contribution in [2.45, 2.75) is 281 Å². The predicted molar refractivity (Wildman–Crippen MR) is 244 cm³/mol. The van der Waals surface area contributed by atoms with E-state index in [2.05, 4.69) is 13.8 Å². The normalized spacial score (nSPS) is 22.0. The average Bonchev–Trinajstić information content (AvgIpc) is 3.24. The number of aliphatic hydroxyl groups is 5. The highest BCUT2D eigenvalue weighted by atomic mass is 31.2. The van der Waals surface area contributed by atoms with Gasteiger partial charge < -0.3 is 39.9 Å². The SMILES string of the molecule is CCCCCCCCCCCCCCCCCCCCC(=O)O[C@H](COCCCCCCCCCCCCCCCCCC)COP(=O)(O)OC1C(O)C(O)C(O)[C@@H](O)C1O. The summed E-state index contributed by atoms with van der Waals surface area (Å²) in [5.74, 6) is -0.469. The quantitative estimate of drug-likeness (QED) is 0.0193. The number of carbonyl (C=O) groups excluding carboxylic acids is 1. The molecule has 0 saturated heterocycles. The second kappa shape index (κ2) is 39.7. The predicted octanol–water partition coefficient (Wildman–Crippen LogP) is 10.9. The zero-order valence-electron chi connectivity index (χ0n) is 39.0. The third-order valence-electron chi connectivity index (χ3n) is 12.2. The van der Waals surface area contributed by atoms with E-state index in [0.29, 0.717) is 13.0 Å². The molecule has 0 aromatic carbocycles. The van der Waals surface area contributed by atoms with Crippen molar-refractivity contribution in [1.29, 1.82) is 0 Å². The van der Waals surface area contributed by atoms with E-state index >= 15 is 0 Å². The first-order chi connectivity index (χ1) is 29.5. The van der Waals surface area contributed by atoms with E-state index in [4.69, 9.17) is 18.5 Å². The van der Waals surface area contributed by atoms with Crippen LogP contribution in [0.3, 0.4) is 0 Å². The van der Waals surface area contributed by atoms with Gasteiger partial charge in [0.1, 0.15) is 42.7 Å². The summed E-state index contributed by atoms with van der Waals surface area (Å²) in [4.78, 5) is 23.2. The van der Waals surface area contributed by atoms with E-state index in [1.165, 1.54) is 173 Å². The molecule has 1 aliphatic rings. The molecule has 13 heteroatoms. The lowest BCUT2D eigenvalue weighted by atomic mass is 9.85. The molecular weight excluding hydrogens is 799 g/mol. The molecule has 1 aliphatic carbocycles. The minimum absolute atomic E-state index is 0.0676. The molecule has 0 heterocycles. The molecule has 6 N–H and O–H groups in total. The lowest BCUT2D eigenvalue weighted by Gasteiger charge is -2.41. The summed E-state index contributed by atoms with van der Waals surface area (Å²) in [5, 5.41) is 50.3. The number of hydrogen-bond acceptors (Lipinski definition) is 11. The van der Waals surface area contributed by atoms with Gasteiger partial charge in [-0.05, 0) is 12.8 Å². The maximum atomic E-state index is 12.8. The molecule has 0 aromatic rings. The van der Waals surface area contributed by atoms with E-state index in [0.717, 1.165) is 38.5 Å². The molecule has 0 aromatic heterocycles. The summed E-state index contributed by atoms with van der Waals surface area (Å²) in [6.07, 6.45) is 30.2. The van der Waals surface area contributed by atoms with E-state index < -0.39 is 63.1 Å². The van der Waals surface area contributed by atoms with E-state index in [9.17, 15) is 39.8 Å². The Morgan fingerprint density at radius 2 is 0.770 bits per heavy atom. The van der Waals surface area contributed by atoms with Gasteiger partial charge in [-0.3, -0.25) is 13.8 Å². The molecule has 8 atom stereocenters. The highest BCUT2D eigenvalue weighted by Gasteiger charge is 2.51. The van der Waals surface area contributed by atoms with Crippen LogP contribution in [0.1, 0.15) is 239 Å². The van der Waals surface area contributed by atoms with Crippen LogP contribution in [0.5, 0.6) is 0 Å². The van der Waals surface area contributed by atoms with Crippen molar-refractivity contribution in [2.75, 3.05) is 19.8 Å². The number of ether oxygens (including phenoxy) is 2. The first-order valence-corrected chi connectivity index (χ1v) is 26.9. The first-order valence-electron chi connectivity index (χ1n) is 25.4. The van der Waals surface area contributed by atoms with Crippen LogP contribution in [0.2, 0.25) is 0 Å². The fourth-order valence-corrected chi connectivity index (χ4v) is 9.15. The number of carbonyl (C=O) groups is 1.